The first-order chi connectivity index (χ1) is 7.95. The van der Waals surface area contributed by atoms with Crippen molar-refractivity contribution < 1.29 is 9.15 Å². The van der Waals surface area contributed by atoms with Crippen molar-refractivity contribution in [1.29, 1.82) is 0 Å². The molecule has 0 bridgehead atoms. The Labute approximate surface area is 96.5 Å². The van der Waals surface area contributed by atoms with Crippen molar-refractivity contribution in [2.75, 3.05) is 19.7 Å². The maximum atomic E-state index is 5.55. The summed E-state index contributed by atoms with van der Waals surface area (Å²) in [6.07, 6.45) is 9.81. The molecule has 0 aromatic carbocycles. The lowest BCUT2D eigenvalue weighted by atomic mass is 10.2. The number of rotatable bonds is 6. The summed E-state index contributed by atoms with van der Waals surface area (Å²) < 4.78 is 10.7. The highest BCUT2D eigenvalue weighted by molar-refractivity contribution is 5.42. The van der Waals surface area contributed by atoms with E-state index < -0.39 is 0 Å². The third kappa shape index (κ3) is 3.83. The molecule has 1 saturated heterocycles. The first-order valence-corrected chi connectivity index (χ1v) is 5.97. The number of ether oxygens (including phenoxy) is 1. The molecule has 1 fully saturated rings. The van der Waals surface area contributed by atoms with Gasteiger partial charge in [-0.3, -0.25) is 0 Å². The van der Waals surface area contributed by atoms with Crippen LogP contribution in [0.4, 0.5) is 0 Å². The molecule has 2 rings (SSSR count). The summed E-state index contributed by atoms with van der Waals surface area (Å²) in [6, 6.07) is 3.84. The molecule has 16 heavy (non-hydrogen) atoms. The van der Waals surface area contributed by atoms with E-state index in [2.05, 4.69) is 11.4 Å². The molecule has 1 N–H and O–H groups in total. The summed E-state index contributed by atoms with van der Waals surface area (Å²) in [6.45, 7) is 2.85. The summed E-state index contributed by atoms with van der Waals surface area (Å²) in [5.41, 5.74) is 0. The van der Waals surface area contributed by atoms with Crippen molar-refractivity contribution in [3.63, 3.8) is 0 Å². The van der Waals surface area contributed by atoms with Crippen LogP contribution in [0.15, 0.2) is 28.9 Å². The van der Waals surface area contributed by atoms with Crippen molar-refractivity contribution in [3.05, 3.63) is 30.2 Å². The van der Waals surface area contributed by atoms with Crippen LogP contribution in [0.5, 0.6) is 0 Å². The Morgan fingerprint density at radius 1 is 1.50 bits per heavy atom. The van der Waals surface area contributed by atoms with Gasteiger partial charge in [0.2, 0.25) is 0 Å². The Balaban J connectivity index is 1.51. The highest BCUT2D eigenvalue weighted by atomic mass is 16.5. The van der Waals surface area contributed by atoms with Crippen molar-refractivity contribution in [1.82, 2.24) is 5.32 Å². The molecule has 0 amide bonds. The van der Waals surface area contributed by atoms with Gasteiger partial charge in [-0.1, -0.05) is 6.08 Å². The molecule has 1 atom stereocenters. The van der Waals surface area contributed by atoms with E-state index in [0.717, 1.165) is 31.9 Å². The molecular formula is C13H19NO2. The van der Waals surface area contributed by atoms with Crippen molar-refractivity contribution in [2.24, 2.45) is 0 Å². The van der Waals surface area contributed by atoms with Crippen molar-refractivity contribution >= 4 is 6.08 Å². The molecule has 3 heteroatoms. The van der Waals surface area contributed by atoms with Crippen LogP contribution >= 0.6 is 0 Å². The summed E-state index contributed by atoms with van der Waals surface area (Å²) in [5, 5.41) is 3.37. The van der Waals surface area contributed by atoms with Gasteiger partial charge in [-0.2, -0.15) is 0 Å². The van der Waals surface area contributed by atoms with Gasteiger partial charge in [0, 0.05) is 13.2 Å². The molecule has 2 heterocycles. The predicted molar refractivity (Wildman–Crippen MR) is 64.2 cm³/mol. The number of hydrogen-bond acceptors (Lipinski definition) is 3. The van der Waals surface area contributed by atoms with E-state index in [4.69, 9.17) is 9.15 Å². The van der Waals surface area contributed by atoms with Gasteiger partial charge < -0.3 is 14.5 Å². The Kier molecular flexibility index (Phi) is 4.65. The molecule has 0 saturated carbocycles. The molecule has 88 valence electrons. The first kappa shape index (κ1) is 11.4. The van der Waals surface area contributed by atoms with E-state index in [0.29, 0.717) is 6.10 Å². The van der Waals surface area contributed by atoms with E-state index in [-0.39, 0.29) is 0 Å². The fourth-order valence-electron chi connectivity index (χ4n) is 1.88. The average molecular weight is 221 g/mol. The highest BCUT2D eigenvalue weighted by Crippen LogP contribution is 2.14. The normalized spacial score (nSPS) is 20.9. The van der Waals surface area contributed by atoms with Gasteiger partial charge in [0.15, 0.2) is 0 Å². The molecule has 1 unspecified atom stereocenters. The second kappa shape index (κ2) is 6.51. The molecule has 0 aliphatic carbocycles. The second-order valence-corrected chi connectivity index (χ2v) is 4.05. The zero-order chi connectivity index (χ0) is 11.1. The maximum Gasteiger partial charge on any atom is 0.126 e. The Morgan fingerprint density at radius 2 is 2.50 bits per heavy atom. The van der Waals surface area contributed by atoms with E-state index in [1.807, 2.05) is 18.2 Å². The fraction of sp³-hybridized carbons (Fsp3) is 0.538. The Hall–Kier alpha value is -1.06. The third-order valence-corrected chi connectivity index (χ3v) is 2.75. The van der Waals surface area contributed by atoms with Gasteiger partial charge in [-0.25, -0.2) is 0 Å². The van der Waals surface area contributed by atoms with Crippen LogP contribution < -0.4 is 5.32 Å². The minimum absolute atomic E-state index is 0.488. The minimum Gasteiger partial charge on any atom is -0.465 e. The van der Waals surface area contributed by atoms with Crippen LogP contribution in [-0.2, 0) is 4.74 Å². The topological polar surface area (TPSA) is 34.4 Å². The fourth-order valence-corrected chi connectivity index (χ4v) is 1.88. The zero-order valence-corrected chi connectivity index (χ0v) is 9.52. The molecule has 1 aromatic heterocycles. The maximum absolute atomic E-state index is 5.55. The van der Waals surface area contributed by atoms with Crippen LogP contribution in [0.1, 0.15) is 25.0 Å². The Bertz CT molecular complexity index is 300. The van der Waals surface area contributed by atoms with E-state index in [1.54, 1.807) is 6.26 Å². The number of nitrogens with one attached hydrogen (secondary N) is 1. The third-order valence-electron chi connectivity index (χ3n) is 2.75. The van der Waals surface area contributed by atoms with Crippen LogP contribution in [0, 0.1) is 0 Å². The summed E-state index contributed by atoms with van der Waals surface area (Å²) in [7, 11) is 0. The minimum atomic E-state index is 0.488. The summed E-state index contributed by atoms with van der Waals surface area (Å²) in [5.74, 6) is 0.904. The van der Waals surface area contributed by atoms with Gasteiger partial charge in [0.25, 0.3) is 0 Å². The lowest BCUT2D eigenvalue weighted by molar-refractivity contribution is 0.104. The number of hydrogen-bond donors (Lipinski definition) is 1. The van der Waals surface area contributed by atoms with Crippen LogP contribution in [0.3, 0.4) is 0 Å². The second-order valence-electron chi connectivity index (χ2n) is 4.05. The van der Waals surface area contributed by atoms with Gasteiger partial charge in [-0.05, 0) is 44.0 Å². The molecular weight excluding hydrogens is 202 g/mol. The number of furan rings is 1. The molecule has 0 spiro atoms. The van der Waals surface area contributed by atoms with Gasteiger partial charge in [-0.15, -0.1) is 0 Å². The molecule has 1 aromatic rings. The van der Waals surface area contributed by atoms with Gasteiger partial charge >= 0.3 is 0 Å². The van der Waals surface area contributed by atoms with Crippen molar-refractivity contribution in [2.45, 2.75) is 25.4 Å². The molecule has 1 aliphatic rings. The quantitative estimate of drug-likeness (QED) is 0.749. The monoisotopic (exact) mass is 221 g/mol. The largest absolute Gasteiger partial charge is 0.465 e. The van der Waals surface area contributed by atoms with E-state index in [1.165, 1.54) is 12.8 Å². The highest BCUT2D eigenvalue weighted by Gasteiger charge is 2.13. The van der Waals surface area contributed by atoms with E-state index in [9.17, 15) is 0 Å². The Morgan fingerprint density at radius 3 is 3.25 bits per heavy atom. The predicted octanol–water partition coefficient (Wildman–Crippen LogP) is 2.45. The molecule has 1 aliphatic heterocycles. The molecule has 3 nitrogen and oxygen atoms in total. The van der Waals surface area contributed by atoms with Crippen LogP contribution in [-0.4, -0.2) is 25.8 Å². The smallest absolute Gasteiger partial charge is 0.126 e. The van der Waals surface area contributed by atoms with Crippen LogP contribution in [0.2, 0.25) is 0 Å². The SMILES string of the molecule is C(=C\c1ccco1)/CNCCC1CCCO1. The van der Waals surface area contributed by atoms with Gasteiger partial charge in [0.05, 0.1) is 12.4 Å². The standard InChI is InChI=1S/C13H19NO2/c1(4-12-5-2-10-15-12)8-14-9-7-13-6-3-11-16-13/h1-2,4-5,10,13-14H,3,6-9,11H2/b4-1+. The summed E-state index contributed by atoms with van der Waals surface area (Å²) in [4.78, 5) is 0. The van der Waals surface area contributed by atoms with E-state index >= 15 is 0 Å². The first-order valence-electron chi connectivity index (χ1n) is 5.97. The zero-order valence-electron chi connectivity index (χ0n) is 9.52. The van der Waals surface area contributed by atoms with Crippen molar-refractivity contribution in [3.8, 4) is 0 Å². The average Bonchev–Trinajstić information content (AvgIpc) is 2.96. The van der Waals surface area contributed by atoms with Crippen LogP contribution in [0.25, 0.3) is 6.08 Å². The molecule has 0 radical (unpaired) electrons. The lowest BCUT2D eigenvalue weighted by Crippen LogP contribution is -2.20. The summed E-state index contributed by atoms with van der Waals surface area (Å²) >= 11 is 0. The lowest BCUT2D eigenvalue weighted by Gasteiger charge is -2.08. The van der Waals surface area contributed by atoms with Gasteiger partial charge in [0.1, 0.15) is 5.76 Å².